The standard InChI is InChI=1S/C15H18N2/c1-2-15(17-16)14-10-8-13(9-11-14)12-6-4-3-5-7-12/h3-11,15,17H,2,16H2,1H3/t15-/m0/s1. The van der Waals surface area contributed by atoms with Crippen molar-refractivity contribution in [2.45, 2.75) is 19.4 Å². The molecule has 88 valence electrons. The SMILES string of the molecule is CC[C@H](NN)c1ccc(-c2ccccc2)cc1. The van der Waals surface area contributed by atoms with Crippen LogP contribution in [0.25, 0.3) is 11.1 Å². The third kappa shape index (κ3) is 2.73. The van der Waals surface area contributed by atoms with Crippen LogP contribution in [0.1, 0.15) is 24.9 Å². The Bertz CT molecular complexity index is 444. The predicted octanol–water partition coefficient (Wildman–Crippen LogP) is 3.27. The number of hydrogen-bond donors (Lipinski definition) is 2. The van der Waals surface area contributed by atoms with E-state index in [4.69, 9.17) is 5.84 Å². The Balaban J connectivity index is 2.24. The molecule has 2 heteroatoms. The second-order valence-corrected chi connectivity index (χ2v) is 4.12. The largest absolute Gasteiger partial charge is 0.271 e. The first-order valence-electron chi connectivity index (χ1n) is 5.96. The lowest BCUT2D eigenvalue weighted by atomic mass is 10.00. The van der Waals surface area contributed by atoms with E-state index in [9.17, 15) is 0 Å². The Morgan fingerprint density at radius 1 is 0.941 bits per heavy atom. The first-order valence-corrected chi connectivity index (χ1v) is 5.96. The maximum atomic E-state index is 5.51. The first kappa shape index (κ1) is 11.8. The number of nitrogens with two attached hydrogens (primary N) is 1. The quantitative estimate of drug-likeness (QED) is 0.620. The van der Waals surface area contributed by atoms with Gasteiger partial charge in [-0.25, -0.2) is 0 Å². The van der Waals surface area contributed by atoms with Gasteiger partial charge in [0, 0.05) is 6.04 Å². The predicted molar refractivity (Wildman–Crippen MR) is 72.2 cm³/mol. The number of benzene rings is 2. The fourth-order valence-electron chi connectivity index (χ4n) is 1.99. The van der Waals surface area contributed by atoms with Gasteiger partial charge in [-0.3, -0.25) is 11.3 Å². The van der Waals surface area contributed by atoms with Gasteiger partial charge in [0.1, 0.15) is 0 Å². The number of nitrogens with one attached hydrogen (secondary N) is 1. The Hall–Kier alpha value is -1.64. The summed E-state index contributed by atoms with van der Waals surface area (Å²) in [6.07, 6.45) is 0.987. The molecule has 2 nitrogen and oxygen atoms in total. The molecule has 0 fully saturated rings. The lowest BCUT2D eigenvalue weighted by Crippen LogP contribution is -2.27. The van der Waals surface area contributed by atoms with Crippen LogP contribution in [0, 0.1) is 0 Å². The lowest BCUT2D eigenvalue weighted by Gasteiger charge is -2.14. The third-order valence-electron chi connectivity index (χ3n) is 3.03. The van der Waals surface area contributed by atoms with Crippen LogP contribution in [0.15, 0.2) is 54.6 Å². The summed E-state index contributed by atoms with van der Waals surface area (Å²) in [5, 5.41) is 0. The number of hydrazine groups is 1. The second kappa shape index (κ2) is 5.62. The van der Waals surface area contributed by atoms with Crippen LogP contribution in [0.2, 0.25) is 0 Å². The van der Waals surface area contributed by atoms with E-state index >= 15 is 0 Å². The molecule has 0 heterocycles. The normalized spacial score (nSPS) is 12.4. The average molecular weight is 226 g/mol. The van der Waals surface area contributed by atoms with Crippen molar-refractivity contribution in [1.82, 2.24) is 5.43 Å². The van der Waals surface area contributed by atoms with E-state index < -0.39 is 0 Å². The summed E-state index contributed by atoms with van der Waals surface area (Å²) in [7, 11) is 0. The molecule has 0 unspecified atom stereocenters. The first-order chi connectivity index (χ1) is 8.35. The monoisotopic (exact) mass is 226 g/mol. The summed E-state index contributed by atoms with van der Waals surface area (Å²) in [6, 6.07) is 19.2. The van der Waals surface area contributed by atoms with Crippen LogP contribution >= 0.6 is 0 Å². The highest BCUT2D eigenvalue weighted by Crippen LogP contribution is 2.22. The molecule has 0 aromatic heterocycles. The van der Waals surface area contributed by atoms with Crippen molar-refractivity contribution in [3.05, 3.63) is 60.2 Å². The van der Waals surface area contributed by atoms with Crippen LogP contribution in [-0.4, -0.2) is 0 Å². The molecule has 0 saturated carbocycles. The maximum absolute atomic E-state index is 5.51. The minimum Gasteiger partial charge on any atom is -0.271 e. The summed E-state index contributed by atoms with van der Waals surface area (Å²) in [6.45, 7) is 2.12. The van der Waals surface area contributed by atoms with Crippen LogP contribution in [0.5, 0.6) is 0 Å². The van der Waals surface area contributed by atoms with E-state index in [1.165, 1.54) is 16.7 Å². The molecule has 1 atom stereocenters. The molecule has 0 bridgehead atoms. The van der Waals surface area contributed by atoms with E-state index in [-0.39, 0.29) is 6.04 Å². The van der Waals surface area contributed by atoms with Crippen molar-refractivity contribution in [3.63, 3.8) is 0 Å². The summed E-state index contributed by atoms with van der Waals surface area (Å²) < 4.78 is 0. The molecule has 0 aliphatic carbocycles. The Morgan fingerprint density at radius 3 is 2.06 bits per heavy atom. The molecule has 0 aliphatic heterocycles. The molecular formula is C15H18N2. The zero-order chi connectivity index (χ0) is 12.1. The van der Waals surface area contributed by atoms with Crippen LogP contribution in [0.4, 0.5) is 0 Å². The lowest BCUT2D eigenvalue weighted by molar-refractivity contribution is 0.539. The molecule has 2 aromatic rings. The van der Waals surface area contributed by atoms with E-state index in [0.29, 0.717) is 0 Å². The van der Waals surface area contributed by atoms with Gasteiger partial charge in [-0.05, 0) is 23.1 Å². The molecule has 3 N–H and O–H groups in total. The van der Waals surface area contributed by atoms with Gasteiger partial charge in [0.05, 0.1) is 0 Å². The highest BCUT2D eigenvalue weighted by atomic mass is 15.2. The number of rotatable bonds is 4. The summed E-state index contributed by atoms with van der Waals surface area (Å²) >= 11 is 0. The van der Waals surface area contributed by atoms with Gasteiger partial charge in [-0.15, -0.1) is 0 Å². The molecule has 2 aromatic carbocycles. The average Bonchev–Trinajstić information content (AvgIpc) is 2.42. The van der Waals surface area contributed by atoms with Gasteiger partial charge in [-0.1, -0.05) is 61.5 Å². The van der Waals surface area contributed by atoms with Crippen molar-refractivity contribution in [2.75, 3.05) is 0 Å². The van der Waals surface area contributed by atoms with Gasteiger partial charge < -0.3 is 0 Å². The molecule has 2 rings (SSSR count). The topological polar surface area (TPSA) is 38.0 Å². The van der Waals surface area contributed by atoms with Crippen molar-refractivity contribution in [3.8, 4) is 11.1 Å². The fourth-order valence-corrected chi connectivity index (χ4v) is 1.99. The van der Waals surface area contributed by atoms with Crippen molar-refractivity contribution >= 4 is 0 Å². The summed E-state index contributed by atoms with van der Waals surface area (Å²) in [4.78, 5) is 0. The smallest absolute Gasteiger partial charge is 0.0457 e. The highest BCUT2D eigenvalue weighted by Gasteiger charge is 2.06. The zero-order valence-corrected chi connectivity index (χ0v) is 10.1. The minimum atomic E-state index is 0.236. The van der Waals surface area contributed by atoms with E-state index in [1.54, 1.807) is 0 Å². The Morgan fingerprint density at radius 2 is 1.53 bits per heavy atom. The van der Waals surface area contributed by atoms with E-state index in [2.05, 4.69) is 60.9 Å². The fraction of sp³-hybridized carbons (Fsp3) is 0.200. The summed E-state index contributed by atoms with van der Waals surface area (Å²) in [5.74, 6) is 5.51. The van der Waals surface area contributed by atoms with Crippen molar-refractivity contribution < 1.29 is 0 Å². The molecule has 0 amide bonds. The molecule has 0 spiro atoms. The molecule has 0 saturated heterocycles. The molecule has 17 heavy (non-hydrogen) atoms. The minimum absolute atomic E-state index is 0.236. The van der Waals surface area contributed by atoms with E-state index in [0.717, 1.165) is 6.42 Å². The summed E-state index contributed by atoms with van der Waals surface area (Å²) in [5.41, 5.74) is 6.54. The second-order valence-electron chi connectivity index (χ2n) is 4.12. The van der Waals surface area contributed by atoms with Gasteiger partial charge in [0.25, 0.3) is 0 Å². The van der Waals surface area contributed by atoms with Crippen LogP contribution < -0.4 is 11.3 Å². The third-order valence-corrected chi connectivity index (χ3v) is 3.03. The molecule has 0 radical (unpaired) electrons. The van der Waals surface area contributed by atoms with Crippen molar-refractivity contribution in [2.24, 2.45) is 5.84 Å². The Labute approximate surface area is 102 Å². The molecular weight excluding hydrogens is 208 g/mol. The molecule has 0 aliphatic rings. The van der Waals surface area contributed by atoms with E-state index in [1.807, 2.05) is 6.07 Å². The highest BCUT2D eigenvalue weighted by molar-refractivity contribution is 5.63. The number of hydrogen-bond acceptors (Lipinski definition) is 2. The van der Waals surface area contributed by atoms with Gasteiger partial charge in [-0.2, -0.15) is 0 Å². The van der Waals surface area contributed by atoms with Gasteiger partial charge in [0.15, 0.2) is 0 Å². The van der Waals surface area contributed by atoms with Gasteiger partial charge in [0.2, 0.25) is 0 Å². The van der Waals surface area contributed by atoms with Crippen LogP contribution in [-0.2, 0) is 0 Å². The maximum Gasteiger partial charge on any atom is 0.0457 e. The van der Waals surface area contributed by atoms with Crippen molar-refractivity contribution in [1.29, 1.82) is 0 Å². The Kier molecular flexibility index (Phi) is 3.91. The van der Waals surface area contributed by atoms with Crippen LogP contribution in [0.3, 0.4) is 0 Å². The zero-order valence-electron chi connectivity index (χ0n) is 10.1. The van der Waals surface area contributed by atoms with Gasteiger partial charge >= 0.3 is 0 Å².